The first kappa shape index (κ1) is 18.8. The summed E-state index contributed by atoms with van der Waals surface area (Å²) in [4.78, 5) is 25.2. The molecule has 5 rings (SSSR count). The topological polar surface area (TPSA) is 106 Å². The molecule has 3 heterocycles. The quantitative estimate of drug-likeness (QED) is 0.426. The Hall–Kier alpha value is -4.24. The SMILES string of the molecule is O=C(Nc1ccc2ncnc(Nc3nnc(-c4ccncc4)s3)c2c1)c1ccccc1. The van der Waals surface area contributed by atoms with Crippen molar-refractivity contribution in [3.05, 3.63) is 84.9 Å². The molecule has 0 aliphatic carbocycles. The summed E-state index contributed by atoms with van der Waals surface area (Å²) in [6.07, 6.45) is 4.91. The maximum Gasteiger partial charge on any atom is 0.255 e. The van der Waals surface area contributed by atoms with Crippen LogP contribution >= 0.6 is 11.3 Å². The smallest absolute Gasteiger partial charge is 0.255 e. The zero-order chi connectivity index (χ0) is 21.0. The van der Waals surface area contributed by atoms with Gasteiger partial charge >= 0.3 is 0 Å². The summed E-state index contributed by atoms with van der Waals surface area (Å²) < 4.78 is 0. The monoisotopic (exact) mass is 425 g/mol. The van der Waals surface area contributed by atoms with Gasteiger partial charge in [0.1, 0.15) is 17.2 Å². The van der Waals surface area contributed by atoms with E-state index < -0.39 is 0 Å². The van der Waals surface area contributed by atoms with Gasteiger partial charge < -0.3 is 10.6 Å². The van der Waals surface area contributed by atoms with Crippen molar-refractivity contribution in [2.75, 3.05) is 10.6 Å². The summed E-state index contributed by atoms with van der Waals surface area (Å²) in [5, 5.41) is 16.7. The van der Waals surface area contributed by atoms with Crippen molar-refractivity contribution in [2.24, 2.45) is 0 Å². The van der Waals surface area contributed by atoms with Crippen molar-refractivity contribution < 1.29 is 4.79 Å². The van der Waals surface area contributed by atoms with Crippen LogP contribution in [0.4, 0.5) is 16.6 Å². The molecule has 0 aliphatic rings. The number of nitrogens with one attached hydrogen (secondary N) is 2. The van der Waals surface area contributed by atoms with E-state index in [-0.39, 0.29) is 5.91 Å². The number of anilines is 3. The second kappa shape index (κ2) is 8.25. The zero-order valence-corrected chi connectivity index (χ0v) is 16.9. The molecule has 2 aromatic carbocycles. The van der Waals surface area contributed by atoms with Gasteiger partial charge in [-0.3, -0.25) is 9.78 Å². The summed E-state index contributed by atoms with van der Waals surface area (Å²) in [6, 6.07) is 18.3. The van der Waals surface area contributed by atoms with Crippen LogP contribution in [0, 0.1) is 0 Å². The van der Waals surface area contributed by atoms with E-state index in [9.17, 15) is 4.79 Å². The third kappa shape index (κ3) is 4.07. The molecule has 9 heteroatoms. The molecule has 0 aliphatic heterocycles. The lowest BCUT2D eigenvalue weighted by Gasteiger charge is -2.09. The van der Waals surface area contributed by atoms with Crippen molar-refractivity contribution in [3.63, 3.8) is 0 Å². The number of nitrogens with zero attached hydrogens (tertiary/aromatic N) is 5. The molecular weight excluding hydrogens is 410 g/mol. The number of carbonyl (C=O) groups is 1. The Labute approximate surface area is 181 Å². The molecular formula is C22H15N7OS. The van der Waals surface area contributed by atoms with Crippen molar-refractivity contribution in [3.8, 4) is 10.6 Å². The molecule has 2 N–H and O–H groups in total. The van der Waals surface area contributed by atoms with Crippen molar-refractivity contribution in [1.82, 2.24) is 25.1 Å². The first-order chi connectivity index (χ1) is 15.3. The average molecular weight is 425 g/mol. The van der Waals surface area contributed by atoms with Crippen molar-refractivity contribution in [2.45, 2.75) is 0 Å². The van der Waals surface area contributed by atoms with E-state index in [1.54, 1.807) is 24.5 Å². The van der Waals surface area contributed by atoms with Gasteiger partial charge in [0.05, 0.1) is 5.52 Å². The fraction of sp³-hybridized carbons (Fsp3) is 0. The van der Waals surface area contributed by atoms with Crippen LogP contribution in [0.1, 0.15) is 10.4 Å². The molecule has 31 heavy (non-hydrogen) atoms. The minimum atomic E-state index is -0.183. The number of aromatic nitrogens is 5. The van der Waals surface area contributed by atoms with Crippen LogP contribution in [0.3, 0.4) is 0 Å². The van der Waals surface area contributed by atoms with Crippen LogP contribution in [0.15, 0.2) is 79.4 Å². The van der Waals surface area contributed by atoms with Gasteiger partial charge in [0.2, 0.25) is 5.13 Å². The third-order valence-electron chi connectivity index (χ3n) is 4.51. The van der Waals surface area contributed by atoms with Gasteiger partial charge in [-0.05, 0) is 42.5 Å². The highest BCUT2D eigenvalue weighted by Gasteiger charge is 2.11. The van der Waals surface area contributed by atoms with E-state index in [0.29, 0.717) is 22.2 Å². The standard InChI is InChI=1S/C22H15N7OS/c30-20(14-4-2-1-3-5-14)26-16-6-7-18-17(12-16)19(25-13-24-18)27-22-29-28-21(31-22)15-8-10-23-11-9-15/h1-13H,(H,26,30)(H,24,25,27,29). The van der Waals surface area contributed by atoms with Gasteiger partial charge in [0.25, 0.3) is 5.91 Å². The van der Waals surface area contributed by atoms with Crippen molar-refractivity contribution in [1.29, 1.82) is 0 Å². The lowest BCUT2D eigenvalue weighted by molar-refractivity contribution is 0.102. The summed E-state index contributed by atoms with van der Waals surface area (Å²) in [7, 11) is 0. The minimum absolute atomic E-state index is 0.183. The van der Waals surface area contributed by atoms with E-state index >= 15 is 0 Å². The van der Waals surface area contributed by atoms with E-state index in [2.05, 4.69) is 35.8 Å². The van der Waals surface area contributed by atoms with Crippen LogP contribution < -0.4 is 10.6 Å². The predicted octanol–water partition coefficient (Wildman–Crippen LogP) is 4.54. The Bertz CT molecular complexity index is 1360. The first-order valence-corrected chi connectivity index (χ1v) is 10.2. The molecule has 150 valence electrons. The van der Waals surface area contributed by atoms with Gasteiger partial charge in [-0.2, -0.15) is 0 Å². The highest BCUT2D eigenvalue weighted by atomic mass is 32.1. The number of carbonyl (C=O) groups excluding carboxylic acids is 1. The second-order valence-electron chi connectivity index (χ2n) is 6.55. The highest BCUT2D eigenvalue weighted by Crippen LogP contribution is 2.30. The first-order valence-electron chi connectivity index (χ1n) is 9.38. The number of hydrogen-bond donors (Lipinski definition) is 2. The molecule has 0 saturated carbocycles. The lowest BCUT2D eigenvalue weighted by Crippen LogP contribution is -2.11. The van der Waals surface area contributed by atoms with Crippen LogP contribution in [0.25, 0.3) is 21.5 Å². The van der Waals surface area contributed by atoms with E-state index in [1.807, 2.05) is 48.5 Å². The lowest BCUT2D eigenvalue weighted by atomic mass is 10.2. The van der Waals surface area contributed by atoms with Gasteiger partial charge in [-0.1, -0.05) is 29.5 Å². The number of rotatable bonds is 5. The molecule has 0 bridgehead atoms. The van der Waals surface area contributed by atoms with E-state index in [0.717, 1.165) is 21.5 Å². The highest BCUT2D eigenvalue weighted by molar-refractivity contribution is 7.18. The number of amides is 1. The Kier molecular flexibility index (Phi) is 4.99. The zero-order valence-electron chi connectivity index (χ0n) is 16.1. The molecule has 1 amide bonds. The Morgan fingerprint density at radius 1 is 0.903 bits per heavy atom. The van der Waals surface area contributed by atoms with Crippen molar-refractivity contribution >= 4 is 44.8 Å². The number of hydrogen-bond acceptors (Lipinski definition) is 8. The van der Waals surface area contributed by atoms with Crippen LogP contribution in [-0.2, 0) is 0 Å². The summed E-state index contributed by atoms with van der Waals surface area (Å²) >= 11 is 1.41. The average Bonchev–Trinajstić information content (AvgIpc) is 3.29. The fourth-order valence-electron chi connectivity index (χ4n) is 3.01. The van der Waals surface area contributed by atoms with Gasteiger partial charge in [0.15, 0.2) is 0 Å². The van der Waals surface area contributed by atoms with Crippen LogP contribution in [0.2, 0.25) is 0 Å². The normalized spacial score (nSPS) is 10.7. The molecule has 0 spiro atoms. The molecule has 8 nitrogen and oxygen atoms in total. The van der Waals surface area contributed by atoms with Crippen LogP contribution in [-0.4, -0.2) is 31.1 Å². The maximum atomic E-state index is 12.5. The van der Waals surface area contributed by atoms with Gasteiger partial charge in [0, 0.05) is 34.6 Å². The predicted molar refractivity (Wildman–Crippen MR) is 120 cm³/mol. The maximum absolute atomic E-state index is 12.5. The summed E-state index contributed by atoms with van der Waals surface area (Å²) in [5.41, 5.74) is 2.92. The second-order valence-corrected chi connectivity index (χ2v) is 7.53. The number of fused-ring (bicyclic) bond motifs is 1. The summed E-state index contributed by atoms with van der Waals surface area (Å²) in [5.74, 6) is 0.399. The number of pyridine rings is 1. The van der Waals surface area contributed by atoms with E-state index in [1.165, 1.54) is 17.7 Å². The summed E-state index contributed by atoms with van der Waals surface area (Å²) in [6.45, 7) is 0. The number of benzene rings is 2. The molecule has 0 atom stereocenters. The minimum Gasteiger partial charge on any atom is -0.322 e. The van der Waals surface area contributed by atoms with Gasteiger partial charge in [-0.15, -0.1) is 10.2 Å². The van der Waals surface area contributed by atoms with E-state index in [4.69, 9.17) is 0 Å². The molecule has 0 radical (unpaired) electrons. The molecule has 5 aromatic rings. The Morgan fingerprint density at radius 3 is 2.58 bits per heavy atom. The molecule has 0 saturated heterocycles. The Balaban J connectivity index is 1.42. The largest absolute Gasteiger partial charge is 0.322 e. The molecule has 0 fully saturated rings. The molecule has 3 aromatic heterocycles. The fourth-order valence-corrected chi connectivity index (χ4v) is 3.76. The van der Waals surface area contributed by atoms with Crippen LogP contribution in [0.5, 0.6) is 0 Å². The molecule has 0 unspecified atom stereocenters. The Morgan fingerprint density at radius 2 is 1.74 bits per heavy atom. The third-order valence-corrected chi connectivity index (χ3v) is 5.39. The van der Waals surface area contributed by atoms with Gasteiger partial charge in [-0.25, -0.2) is 9.97 Å².